The van der Waals surface area contributed by atoms with Gasteiger partial charge in [0.1, 0.15) is 6.10 Å². The topological polar surface area (TPSA) is 56.6 Å². The maximum absolute atomic E-state index is 12.2. The van der Waals surface area contributed by atoms with Crippen LogP contribution in [0.15, 0.2) is 24.3 Å². The van der Waals surface area contributed by atoms with Crippen molar-refractivity contribution in [2.45, 2.75) is 52.1 Å². The lowest BCUT2D eigenvalue weighted by atomic mass is 9.68. The predicted molar refractivity (Wildman–Crippen MR) is 119 cm³/mol. The molecule has 1 aromatic rings. The Kier molecular flexibility index (Phi) is 10.1. The van der Waals surface area contributed by atoms with Crippen molar-refractivity contribution in [3.05, 3.63) is 35.4 Å². The third kappa shape index (κ3) is 5.94. The number of amides is 1. The van der Waals surface area contributed by atoms with Crippen LogP contribution in [0.3, 0.4) is 0 Å². The fourth-order valence-electron chi connectivity index (χ4n) is 4.18. The zero-order valence-electron chi connectivity index (χ0n) is 18.5. The van der Waals surface area contributed by atoms with Gasteiger partial charge in [-0.05, 0) is 50.3 Å². The molecule has 1 fully saturated rings. The molecule has 29 heavy (non-hydrogen) atoms. The molecule has 162 valence electrons. The second kappa shape index (κ2) is 11.5. The van der Waals surface area contributed by atoms with Crippen molar-refractivity contribution in [1.82, 2.24) is 9.80 Å². The van der Waals surface area contributed by atoms with Crippen LogP contribution in [0.2, 0.25) is 0 Å². The first-order valence-electron chi connectivity index (χ1n) is 10.4. The number of carbonyl (C=O) groups excluding carboxylic acids is 1. The number of piperazine rings is 1. The molecular weight excluding hydrogens is 386 g/mol. The van der Waals surface area contributed by atoms with Crippen LogP contribution in [0, 0.1) is 24.2 Å². The Morgan fingerprint density at radius 1 is 1.21 bits per heavy atom. The van der Waals surface area contributed by atoms with Crippen LogP contribution in [0.4, 0.5) is 0 Å². The minimum atomic E-state index is -0.447. The Bertz CT molecular complexity index is 696. The van der Waals surface area contributed by atoms with Crippen LogP contribution in [0.1, 0.15) is 44.7 Å². The lowest BCUT2D eigenvalue weighted by molar-refractivity contribution is -0.142. The second-order valence-corrected chi connectivity index (χ2v) is 8.20. The van der Waals surface area contributed by atoms with Gasteiger partial charge in [0.15, 0.2) is 0 Å². The predicted octanol–water partition coefficient (Wildman–Crippen LogP) is 3.79. The normalized spacial score (nSPS) is 17.9. The number of carbonyl (C=O) groups is 1. The number of nitrogens with zero attached hydrogens (tertiary/aromatic N) is 3. The molecule has 1 amide bonds. The number of benzene rings is 1. The highest BCUT2D eigenvalue weighted by atomic mass is 35.5. The SMILES string of the molecule is COC(C)C(=O)N1CCN(CCCC(C#N)(c2ccccc2C)C(C)C)CC1.Cl. The number of nitriles is 1. The first kappa shape index (κ1) is 25.4. The van der Waals surface area contributed by atoms with Crippen molar-refractivity contribution in [2.24, 2.45) is 5.92 Å². The van der Waals surface area contributed by atoms with Gasteiger partial charge in [-0.3, -0.25) is 9.69 Å². The summed E-state index contributed by atoms with van der Waals surface area (Å²) in [5.41, 5.74) is 1.91. The molecule has 1 heterocycles. The summed E-state index contributed by atoms with van der Waals surface area (Å²) in [5.74, 6) is 0.327. The van der Waals surface area contributed by atoms with Crippen LogP contribution in [0.5, 0.6) is 0 Å². The summed E-state index contributed by atoms with van der Waals surface area (Å²) in [7, 11) is 1.57. The number of hydrogen-bond acceptors (Lipinski definition) is 4. The van der Waals surface area contributed by atoms with E-state index in [0.717, 1.165) is 51.1 Å². The highest BCUT2D eigenvalue weighted by Crippen LogP contribution is 2.38. The standard InChI is InChI=1S/C23H35N3O2.ClH/c1-18(2)23(17-24,21-10-7-6-9-19(21)3)11-8-12-25-13-15-26(16-14-25)22(27)20(4)28-5;/h6-7,9-10,18,20H,8,11-16H2,1-5H3;1H. The van der Waals surface area contributed by atoms with Crippen LogP contribution >= 0.6 is 12.4 Å². The number of rotatable bonds is 8. The first-order valence-corrected chi connectivity index (χ1v) is 10.4. The van der Waals surface area contributed by atoms with Crippen molar-refractivity contribution in [2.75, 3.05) is 39.8 Å². The average molecular weight is 422 g/mol. The highest BCUT2D eigenvalue weighted by Gasteiger charge is 2.36. The number of aryl methyl sites for hydroxylation is 1. The molecule has 0 radical (unpaired) electrons. The van der Waals surface area contributed by atoms with Crippen molar-refractivity contribution in [3.8, 4) is 6.07 Å². The zero-order chi connectivity index (χ0) is 20.7. The maximum atomic E-state index is 12.2. The molecule has 0 aromatic heterocycles. The Morgan fingerprint density at radius 2 is 1.83 bits per heavy atom. The Balaban J connectivity index is 0.00000420. The van der Waals surface area contributed by atoms with Gasteiger partial charge in [-0.15, -0.1) is 12.4 Å². The van der Waals surface area contributed by atoms with E-state index in [-0.39, 0.29) is 30.3 Å². The zero-order valence-corrected chi connectivity index (χ0v) is 19.3. The molecule has 5 nitrogen and oxygen atoms in total. The van der Waals surface area contributed by atoms with Crippen molar-refractivity contribution >= 4 is 18.3 Å². The maximum Gasteiger partial charge on any atom is 0.251 e. The third-order valence-electron chi connectivity index (χ3n) is 6.24. The molecule has 0 bridgehead atoms. The average Bonchev–Trinajstić information content (AvgIpc) is 2.71. The van der Waals surface area contributed by atoms with E-state index in [2.05, 4.69) is 43.9 Å². The molecule has 1 saturated heterocycles. The van der Waals surface area contributed by atoms with Crippen molar-refractivity contribution in [1.29, 1.82) is 5.26 Å². The smallest absolute Gasteiger partial charge is 0.251 e. The molecule has 0 saturated carbocycles. The van der Waals surface area contributed by atoms with E-state index in [1.807, 2.05) is 17.0 Å². The van der Waals surface area contributed by atoms with E-state index < -0.39 is 5.41 Å². The molecule has 2 atom stereocenters. The summed E-state index contributed by atoms with van der Waals surface area (Å²) in [5, 5.41) is 10.1. The summed E-state index contributed by atoms with van der Waals surface area (Å²) in [4.78, 5) is 16.5. The third-order valence-corrected chi connectivity index (χ3v) is 6.24. The molecule has 2 unspecified atom stereocenters. The summed E-state index contributed by atoms with van der Waals surface area (Å²) in [6.07, 6.45) is 1.46. The number of ether oxygens (including phenoxy) is 1. The van der Waals surface area contributed by atoms with E-state index in [1.165, 1.54) is 5.56 Å². The summed E-state index contributed by atoms with van der Waals surface area (Å²) in [6.45, 7) is 12.4. The number of halogens is 1. The summed E-state index contributed by atoms with van der Waals surface area (Å²) >= 11 is 0. The van der Waals surface area contributed by atoms with Gasteiger partial charge in [0.25, 0.3) is 5.91 Å². The Labute approximate surface area is 182 Å². The van der Waals surface area contributed by atoms with Gasteiger partial charge >= 0.3 is 0 Å². The summed E-state index contributed by atoms with van der Waals surface area (Å²) in [6, 6.07) is 10.9. The van der Waals surface area contributed by atoms with Gasteiger partial charge < -0.3 is 9.64 Å². The first-order chi connectivity index (χ1) is 13.4. The molecule has 1 aliphatic rings. The number of hydrogen-bond donors (Lipinski definition) is 0. The van der Waals surface area contributed by atoms with E-state index in [4.69, 9.17) is 4.74 Å². The van der Waals surface area contributed by atoms with Crippen LogP contribution < -0.4 is 0 Å². The van der Waals surface area contributed by atoms with E-state index in [1.54, 1.807) is 14.0 Å². The van der Waals surface area contributed by atoms with E-state index in [9.17, 15) is 10.1 Å². The van der Waals surface area contributed by atoms with Gasteiger partial charge in [0.2, 0.25) is 0 Å². The molecule has 0 spiro atoms. The highest BCUT2D eigenvalue weighted by molar-refractivity contribution is 5.85. The second-order valence-electron chi connectivity index (χ2n) is 8.20. The minimum Gasteiger partial charge on any atom is -0.372 e. The van der Waals surface area contributed by atoms with Crippen molar-refractivity contribution in [3.63, 3.8) is 0 Å². The Hall–Kier alpha value is -1.61. The molecular formula is C23H36ClN3O2. The lowest BCUT2D eigenvalue weighted by Gasteiger charge is -2.37. The van der Waals surface area contributed by atoms with Crippen molar-refractivity contribution < 1.29 is 9.53 Å². The molecule has 6 heteroatoms. The van der Waals surface area contributed by atoms with Gasteiger partial charge in [-0.25, -0.2) is 0 Å². The fourth-order valence-corrected chi connectivity index (χ4v) is 4.18. The van der Waals surface area contributed by atoms with Gasteiger partial charge in [-0.1, -0.05) is 38.1 Å². The Morgan fingerprint density at radius 3 is 2.34 bits per heavy atom. The quantitative estimate of drug-likeness (QED) is 0.640. The fraction of sp³-hybridized carbons (Fsp3) is 0.652. The molecule has 2 rings (SSSR count). The molecule has 0 N–H and O–H groups in total. The van der Waals surface area contributed by atoms with E-state index >= 15 is 0 Å². The van der Waals surface area contributed by atoms with E-state index in [0.29, 0.717) is 0 Å². The molecule has 0 aliphatic carbocycles. The molecule has 1 aliphatic heterocycles. The van der Waals surface area contributed by atoms with Gasteiger partial charge in [-0.2, -0.15) is 5.26 Å². The monoisotopic (exact) mass is 421 g/mol. The summed E-state index contributed by atoms with van der Waals surface area (Å²) < 4.78 is 5.15. The van der Waals surface area contributed by atoms with Gasteiger partial charge in [0, 0.05) is 33.3 Å². The van der Waals surface area contributed by atoms with Gasteiger partial charge in [0.05, 0.1) is 11.5 Å². The largest absolute Gasteiger partial charge is 0.372 e. The number of methoxy groups -OCH3 is 1. The lowest BCUT2D eigenvalue weighted by Crippen LogP contribution is -2.51. The van der Waals surface area contributed by atoms with Crippen LogP contribution in [-0.2, 0) is 14.9 Å². The van der Waals surface area contributed by atoms with Crippen LogP contribution in [0.25, 0.3) is 0 Å². The van der Waals surface area contributed by atoms with Crippen LogP contribution in [-0.4, -0.2) is 61.6 Å². The molecule has 1 aromatic carbocycles. The minimum absolute atomic E-state index is 0.